The van der Waals surface area contributed by atoms with Crippen molar-refractivity contribution < 1.29 is 17.9 Å². The summed E-state index contributed by atoms with van der Waals surface area (Å²) in [4.78, 5) is 11.9. The molecule has 0 bridgehead atoms. The molecule has 1 amide bonds. The van der Waals surface area contributed by atoms with Crippen LogP contribution < -0.4 is 10.5 Å². The van der Waals surface area contributed by atoms with E-state index >= 15 is 0 Å². The number of halogens is 2. The molecule has 0 aromatic heterocycles. The normalized spacial score (nSPS) is 13.0. The maximum absolute atomic E-state index is 12.2. The zero-order chi connectivity index (χ0) is 16.2. The third-order valence-corrected chi connectivity index (χ3v) is 4.66. The van der Waals surface area contributed by atoms with Gasteiger partial charge in [-0.15, -0.1) is 0 Å². The zero-order valence-electron chi connectivity index (χ0n) is 11.5. The van der Waals surface area contributed by atoms with Gasteiger partial charge in [-0.2, -0.15) is 0 Å². The molecule has 1 atom stereocenters. The molecule has 21 heavy (non-hydrogen) atoms. The predicted molar refractivity (Wildman–Crippen MR) is 83.9 cm³/mol. The number of methoxy groups -OCH3 is 1. The molecule has 3 N–H and O–H groups in total. The topological polar surface area (TPSA) is 98.5 Å². The highest BCUT2D eigenvalue weighted by Gasteiger charge is 2.22. The summed E-state index contributed by atoms with van der Waals surface area (Å²) in [6.07, 6.45) is 0.660. The van der Waals surface area contributed by atoms with Gasteiger partial charge in [-0.1, -0.05) is 34.5 Å². The summed E-state index contributed by atoms with van der Waals surface area (Å²) in [5.74, 6) is -0.491. The van der Waals surface area contributed by atoms with Crippen LogP contribution in [0.4, 0.5) is 0 Å². The van der Waals surface area contributed by atoms with E-state index in [-0.39, 0.29) is 21.5 Å². The van der Waals surface area contributed by atoms with E-state index in [2.05, 4.69) is 21.2 Å². The second kappa shape index (κ2) is 7.55. The van der Waals surface area contributed by atoms with E-state index in [1.54, 1.807) is 0 Å². The molecule has 0 radical (unpaired) electrons. The highest BCUT2D eigenvalue weighted by Crippen LogP contribution is 2.29. The van der Waals surface area contributed by atoms with Crippen molar-refractivity contribution >= 4 is 43.5 Å². The van der Waals surface area contributed by atoms with E-state index in [9.17, 15) is 13.2 Å². The fourth-order valence-corrected chi connectivity index (χ4v) is 3.44. The predicted octanol–water partition coefficient (Wildman–Crippen LogP) is 1.90. The van der Waals surface area contributed by atoms with Crippen molar-refractivity contribution in [3.63, 3.8) is 0 Å². The number of carbonyl (C=O) groups excluding carboxylic acids is 1. The van der Waals surface area contributed by atoms with E-state index in [0.29, 0.717) is 17.5 Å². The van der Waals surface area contributed by atoms with Gasteiger partial charge in [-0.05, 0) is 18.6 Å². The van der Waals surface area contributed by atoms with Crippen molar-refractivity contribution in [2.45, 2.75) is 24.3 Å². The van der Waals surface area contributed by atoms with Crippen molar-refractivity contribution in [2.24, 2.45) is 5.14 Å². The van der Waals surface area contributed by atoms with Gasteiger partial charge in [0.15, 0.2) is 0 Å². The lowest BCUT2D eigenvalue weighted by Gasteiger charge is -2.17. The van der Waals surface area contributed by atoms with Gasteiger partial charge in [0.1, 0.15) is 4.90 Å². The van der Waals surface area contributed by atoms with Crippen molar-refractivity contribution in [3.05, 3.63) is 27.2 Å². The largest absolute Gasteiger partial charge is 0.383 e. The Bertz CT molecular complexity index is 636. The Hall–Kier alpha value is -0.670. The Labute approximate surface area is 137 Å². The summed E-state index contributed by atoms with van der Waals surface area (Å²) in [7, 11) is -2.50. The summed E-state index contributed by atoms with van der Waals surface area (Å²) in [5, 5.41) is 7.61. The number of rotatable bonds is 6. The molecule has 0 aliphatic rings. The van der Waals surface area contributed by atoms with Gasteiger partial charge >= 0.3 is 0 Å². The van der Waals surface area contributed by atoms with E-state index in [1.807, 2.05) is 6.92 Å². The first kappa shape index (κ1) is 18.4. The molecule has 1 aromatic rings. The fraction of sp³-hybridized carbons (Fsp3) is 0.417. The number of carbonyl (C=O) groups is 1. The number of ether oxygens (including phenoxy) is 1. The summed E-state index contributed by atoms with van der Waals surface area (Å²) in [5.41, 5.74) is 0.0321. The number of hydrogen-bond acceptors (Lipinski definition) is 4. The number of amides is 1. The molecule has 0 aliphatic heterocycles. The SMILES string of the molecule is CCC(COC)NC(=O)c1cc(Br)cc(S(N)(=O)=O)c1Cl. The molecule has 1 unspecified atom stereocenters. The zero-order valence-corrected chi connectivity index (χ0v) is 14.7. The summed E-state index contributed by atoms with van der Waals surface area (Å²) < 4.78 is 28.3. The van der Waals surface area contributed by atoms with Crippen LogP contribution in [-0.4, -0.2) is 34.1 Å². The number of hydrogen-bond donors (Lipinski definition) is 2. The van der Waals surface area contributed by atoms with Crippen LogP contribution in [0.2, 0.25) is 5.02 Å². The van der Waals surface area contributed by atoms with Crippen molar-refractivity contribution in [1.29, 1.82) is 0 Å². The molecule has 0 fully saturated rings. The molecule has 0 saturated carbocycles. The maximum atomic E-state index is 12.2. The molecule has 1 aromatic carbocycles. The minimum atomic E-state index is -4.02. The van der Waals surface area contributed by atoms with Gasteiger partial charge < -0.3 is 10.1 Å². The maximum Gasteiger partial charge on any atom is 0.253 e. The van der Waals surface area contributed by atoms with Crippen LogP contribution in [0.15, 0.2) is 21.5 Å². The Kier molecular flexibility index (Phi) is 6.61. The van der Waals surface area contributed by atoms with Crippen LogP contribution in [0.5, 0.6) is 0 Å². The van der Waals surface area contributed by atoms with E-state index in [4.69, 9.17) is 21.5 Å². The number of benzene rings is 1. The Morgan fingerprint density at radius 3 is 2.62 bits per heavy atom. The molecule has 0 spiro atoms. The van der Waals surface area contributed by atoms with E-state index < -0.39 is 15.9 Å². The summed E-state index contributed by atoms with van der Waals surface area (Å²) in [6.45, 7) is 2.23. The van der Waals surface area contributed by atoms with Crippen LogP contribution in [0, 0.1) is 0 Å². The molecule has 0 saturated heterocycles. The molecule has 118 valence electrons. The molecular weight excluding hydrogens is 384 g/mol. The highest BCUT2D eigenvalue weighted by molar-refractivity contribution is 9.10. The van der Waals surface area contributed by atoms with Crippen molar-refractivity contribution in [3.8, 4) is 0 Å². The summed E-state index contributed by atoms with van der Waals surface area (Å²) >= 11 is 9.13. The van der Waals surface area contributed by atoms with Crippen LogP contribution >= 0.6 is 27.5 Å². The first-order chi connectivity index (χ1) is 9.70. The first-order valence-corrected chi connectivity index (χ1v) is 8.74. The quantitative estimate of drug-likeness (QED) is 0.763. The Morgan fingerprint density at radius 2 is 2.14 bits per heavy atom. The standard InChI is InChI=1S/C12H16BrClN2O4S/c1-3-8(6-20-2)16-12(17)9-4-7(13)5-10(11(9)14)21(15,18)19/h4-5,8H,3,6H2,1-2H3,(H,16,17)(H2,15,18,19). The lowest BCUT2D eigenvalue weighted by Crippen LogP contribution is -2.37. The minimum absolute atomic E-state index is 0.0321. The van der Waals surface area contributed by atoms with Crippen molar-refractivity contribution in [2.75, 3.05) is 13.7 Å². The molecule has 9 heteroatoms. The van der Waals surface area contributed by atoms with Gasteiger partial charge in [0.25, 0.3) is 5.91 Å². The third kappa shape index (κ3) is 4.93. The van der Waals surface area contributed by atoms with E-state index in [1.165, 1.54) is 19.2 Å². The van der Waals surface area contributed by atoms with Crippen LogP contribution in [-0.2, 0) is 14.8 Å². The van der Waals surface area contributed by atoms with Gasteiger partial charge in [0.2, 0.25) is 10.0 Å². The third-order valence-electron chi connectivity index (χ3n) is 2.75. The molecule has 6 nitrogen and oxygen atoms in total. The first-order valence-electron chi connectivity index (χ1n) is 6.02. The van der Waals surface area contributed by atoms with Crippen molar-refractivity contribution in [1.82, 2.24) is 5.32 Å². The highest BCUT2D eigenvalue weighted by atomic mass is 79.9. The number of nitrogens with two attached hydrogens (primary N) is 1. The smallest absolute Gasteiger partial charge is 0.253 e. The second-order valence-electron chi connectivity index (χ2n) is 4.34. The number of sulfonamides is 1. The average molecular weight is 400 g/mol. The lowest BCUT2D eigenvalue weighted by molar-refractivity contribution is 0.0894. The van der Waals surface area contributed by atoms with Crippen LogP contribution in [0.25, 0.3) is 0 Å². The Balaban J connectivity index is 3.19. The van der Waals surface area contributed by atoms with Gasteiger partial charge in [-0.3, -0.25) is 4.79 Å². The van der Waals surface area contributed by atoms with Gasteiger partial charge in [-0.25, -0.2) is 13.6 Å². The van der Waals surface area contributed by atoms with Gasteiger partial charge in [0, 0.05) is 11.6 Å². The second-order valence-corrected chi connectivity index (χ2v) is 7.17. The monoisotopic (exact) mass is 398 g/mol. The lowest BCUT2D eigenvalue weighted by atomic mass is 10.1. The van der Waals surface area contributed by atoms with E-state index in [0.717, 1.165) is 0 Å². The molecular formula is C12H16BrClN2O4S. The number of primary sulfonamides is 1. The molecule has 0 aliphatic carbocycles. The molecule has 1 rings (SSSR count). The molecule has 0 heterocycles. The summed E-state index contributed by atoms with van der Waals surface area (Å²) in [6, 6.07) is 2.49. The van der Waals surface area contributed by atoms with Crippen LogP contribution in [0.3, 0.4) is 0 Å². The van der Waals surface area contributed by atoms with Gasteiger partial charge in [0.05, 0.1) is 23.2 Å². The number of nitrogens with one attached hydrogen (secondary N) is 1. The average Bonchev–Trinajstić information content (AvgIpc) is 2.39. The van der Waals surface area contributed by atoms with Crippen LogP contribution in [0.1, 0.15) is 23.7 Å². The Morgan fingerprint density at radius 1 is 1.52 bits per heavy atom. The fourth-order valence-electron chi connectivity index (χ4n) is 1.66. The minimum Gasteiger partial charge on any atom is -0.383 e.